The van der Waals surface area contributed by atoms with E-state index in [9.17, 15) is 14.7 Å². The molecule has 0 saturated heterocycles. The molecule has 1 atom stereocenters. The number of carbonyl (C=O) groups excluding carboxylic acids is 1. The van der Waals surface area contributed by atoms with E-state index in [4.69, 9.17) is 4.74 Å². The molecule has 0 aliphatic heterocycles. The second-order valence-corrected chi connectivity index (χ2v) is 5.43. The summed E-state index contributed by atoms with van der Waals surface area (Å²) in [6.45, 7) is 2.99. The highest BCUT2D eigenvalue weighted by Crippen LogP contribution is 2.46. The van der Waals surface area contributed by atoms with Crippen molar-refractivity contribution in [3.63, 3.8) is 0 Å². The zero-order valence-corrected chi connectivity index (χ0v) is 12.2. The number of carboxylic acids is 1. The Morgan fingerprint density at radius 3 is 2.52 bits per heavy atom. The number of hydrogen-bond acceptors (Lipinski definition) is 3. The van der Waals surface area contributed by atoms with Gasteiger partial charge < -0.3 is 15.2 Å². The predicted molar refractivity (Wildman–Crippen MR) is 78.0 cm³/mol. The molecule has 1 fully saturated rings. The van der Waals surface area contributed by atoms with E-state index in [1.807, 2.05) is 13.0 Å². The van der Waals surface area contributed by atoms with Gasteiger partial charge in [-0.25, -0.2) is 0 Å². The number of rotatable bonds is 8. The van der Waals surface area contributed by atoms with Crippen molar-refractivity contribution >= 4 is 11.9 Å². The molecule has 1 aliphatic carbocycles. The lowest BCUT2D eigenvalue weighted by Crippen LogP contribution is -2.38. The Kier molecular flexibility index (Phi) is 4.96. The molecule has 5 heteroatoms. The van der Waals surface area contributed by atoms with Gasteiger partial charge in [0.05, 0.1) is 17.9 Å². The Balaban J connectivity index is 1.94. The molecule has 1 saturated carbocycles. The molecule has 0 heterocycles. The molecule has 0 spiro atoms. The van der Waals surface area contributed by atoms with Crippen molar-refractivity contribution in [2.24, 2.45) is 5.41 Å². The summed E-state index contributed by atoms with van der Waals surface area (Å²) in [6.07, 6.45) is 1.61. The van der Waals surface area contributed by atoms with Gasteiger partial charge in [0.1, 0.15) is 0 Å². The van der Waals surface area contributed by atoms with Crippen molar-refractivity contribution in [2.45, 2.75) is 25.7 Å². The van der Waals surface area contributed by atoms with Gasteiger partial charge in [0.15, 0.2) is 0 Å². The van der Waals surface area contributed by atoms with Crippen LogP contribution in [-0.2, 0) is 14.3 Å². The van der Waals surface area contributed by atoms with Crippen molar-refractivity contribution in [2.75, 3.05) is 19.8 Å². The van der Waals surface area contributed by atoms with Gasteiger partial charge in [0.2, 0.25) is 5.91 Å². The van der Waals surface area contributed by atoms with Crippen LogP contribution in [0.15, 0.2) is 30.3 Å². The standard InChI is InChI=1S/C16H21NO4/c1-2-21-11-16(8-9-16)15(20)17-10-13(14(18)19)12-6-4-3-5-7-12/h3-7,13H,2,8-11H2,1H3,(H,17,20)(H,18,19). The van der Waals surface area contributed by atoms with Crippen molar-refractivity contribution in [1.29, 1.82) is 0 Å². The number of carbonyl (C=O) groups is 2. The van der Waals surface area contributed by atoms with Gasteiger partial charge in [-0.05, 0) is 25.3 Å². The molecule has 1 aromatic carbocycles. The van der Waals surface area contributed by atoms with Crippen LogP contribution in [0.25, 0.3) is 0 Å². The number of nitrogens with one attached hydrogen (secondary N) is 1. The Labute approximate surface area is 124 Å². The second kappa shape index (κ2) is 6.72. The summed E-state index contributed by atoms with van der Waals surface area (Å²) in [4.78, 5) is 23.6. The molecular formula is C16H21NO4. The second-order valence-electron chi connectivity index (χ2n) is 5.43. The Morgan fingerprint density at radius 2 is 2.00 bits per heavy atom. The highest BCUT2D eigenvalue weighted by Gasteiger charge is 2.50. The molecule has 2 N–H and O–H groups in total. The summed E-state index contributed by atoms with van der Waals surface area (Å²) >= 11 is 0. The van der Waals surface area contributed by atoms with Gasteiger partial charge in [-0.15, -0.1) is 0 Å². The summed E-state index contributed by atoms with van der Waals surface area (Å²) in [5.74, 6) is -1.76. The molecule has 0 bridgehead atoms. The largest absolute Gasteiger partial charge is 0.481 e. The third kappa shape index (κ3) is 3.82. The molecular weight excluding hydrogens is 270 g/mol. The van der Waals surface area contributed by atoms with Crippen LogP contribution in [0.5, 0.6) is 0 Å². The van der Waals surface area contributed by atoms with Crippen molar-refractivity contribution in [1.82, 2.24) is 5.32 Å². The third-order valence-corrected chi connectivity index (χ3v) is 3.88. The van der Waals surface area contributed by atoms with Crippen LogP contribution in [0.3, 0.4) is 0 Å². The van der Waals surface area contributed by atoms with E-state index in [-0.39, 0.29) is 12.5 Å². The average Bonchev–Trinajstić information content (AvgIpc) is 3.27. The first-order chi connectivity index (χ1) is 10.1. The maximum absolute atomic E-state index is 12.2. The minimum atomic E-state index is -0.934. The van der Waals surface area contributed by atoms with Crippen LogP contribution in [0.1, 0.15) is 31.2 Å². The zero-order chi connectivity index (χ0) is 15.3. The highest BCUT2D eigenvalue weighted by atomic mass is 16.5. The average molecular weight is 291 g/mol. The normalized spacial score (nSPS) is 17.0. The molecule has 1 aromatic rings. The zero-order valence-electron chi connectivity index (χ0n) is 12.2. The smallest absolute Gasteiger partial charge is 0.312 e. The number of aliphatic carboxylic acids is 1. The van der Waals surface area contributed by atoms with Crippen molar-refractivity contribution < 1.29 is 19.4 Å². The third-order valence-electron chi connectivity index (χ3n) is 3.88. The lowest BCUT2D eigenvalue weighted by atomic mass is 9.98. The first-order valence-corrected chi connectivity index (χ1v) is 7.23. The highest BCUT2D eigenvalue weighted by molar-refractivity contribution is 5.86. The summed E-state index contributed by atoms with van der Waals surface area (Å²) in [6, 6.07) is 8.95. The van der Waals surface area contributed by atoms with Crippen LogP contribution in [0.4, 0.5) is 0 Å². The first-order valence-electron chi connectivity index (χ1n) is 7.23. The van der Waals surface area contributed by atoms with E-state index in [0.29, 0.717) is 18.8 Å². The fourth-order valence-electron chi connectivity index (χ4n) is 2.30. The molecule has 5 nitrogen and oxygen atoms in total. The topological polar surface area (TPSA) is 75.6 Å². The number of ether oxygens (including phenoxy) is 1. The molecule has 1 aliphatic rings. The molecule has 1 unspecified atom stereocenters. The fraction of sp³-hybridized carbons (Fsp3) is 0.500. The Morgan fingerprint density at radius 1 is 1.33 bits per heavy atom. The van der Waals surface area contributed by atoms with E-state index in [1.54, 1.807) is 24.3 Å². The van der Waals surface area contributed by atoms with Gasteiger partial charge in [-0.1, -0.05) is 30.3 Å². The van der Waals surface area contributed by atoms with Crippen molar-refractivity contribution in [3.05, 3.63) is 35.9 Å². The summed E-state index contributed by atoms with van der Waals surface area (Å²) in [5.41, 5.74) is 0.260. The number of hydrogen-bond donors (Lipinski definition) is 2. The minimum Gasteiger partial charge on any atom is -0.481 e. The summed E-state index contributed by atoms with van der Waals surface area (Å²) < 4.78 is 5.34. The van der Waals surface area contributed by atoms with E-state index >= 15 is 0 Å². The SMILES string of the molecule is CCOCC1(C(=O)NCC(C(=O)O)c2ccccc2)CC1. The van der Waals surface area contributed by atoms with Gasteiger partial charge in [0, 0.05) is 13.2 Å². The quantitative estimate of drug-likeness (QED) is 0.765. The van der Waals surface area contributed by atoms with E-state index in [2.05, 4.69) is 5.32 Å². The number of carboxylic acid groups (broad SMARTS) is 1. The lowest BCUT2D eigenvalue weighted by Gasteiger charge is -2.18. The maximum atomic E-state index is 12.2. The fourth-order valence-corrected chi connectivity index (χ4v) is 2.30. The van der Waals surface area contributed by atoms with Gasteiger partial charge in [0.25, 0.3) is 0 Å². The van der Waals surface area contributed by atoms with Crippen LogP contribution in [-0.4, -0.2) is 36.7 Å². The molecule has 21 heavy (non-hydrogen) atoms. The minimum absolute atomic E-state index is 0.0990. The lowest BCUT2D eigenvalue weighted by molar-refractivity contribution is -0.139. The first kappa shape index (κ1) is 15.5. The van der Waals surface area contributed by atoms with Crippen molar-refractivity contribution in [3.8, 4) is 0 Å². The molecule has 114 valence electrons. The van der Waals surface area contributed by atoms with E-state index in [1.165, 1.54) is 0 Å². The number of amides is 1. The Bertz CT molecular complexity index is 496. The monoisotopic (exact) mass is 291 g/mol. The molecule has 1 amide bonds. The molecule has 0 aromatic heterocycles. The summed E-state index contributed by atoms with van der Waals surface area (Å²) in [5, 5.41) is 12.1. The molecule has 0 radical (unpaired) electrons. The van der Waals surface area contributed by atoms with Crippen LogP contribution in [0.2, 0.25) is 0 Å². The predicted octanol–water partition coefficient (Wildman–Crippen LogP) is 1.79. The van der Waals surface area contributed by atoms with E-state index in [0.717, 1.165) is 12.8 Å². The Hall–Kier alpha value is -1.88. The summed E-state index contributed by atoms with van der Waals surface area (Å²) in [7, 11) is 0. The van der Waals surface area contributed by atoms with Gasteiger partial charge in [-0.2, -0.15) is 0 Å². The number of benzene rings is 1. The van der Waals surface area contributed by atoms with Crippen LogP contribution in [0, 0.1) is 5.41 Å². The van der Waals surface area contributed by atoms with Crippen LogP contribution >= 0.6 is 0 Å². The van der Waals surface area contributed by atoms with Gasteiger partial charge >= 0.3 is 5.97 Å². The molecule has 2 rings (SSSR count). The van der Waals surface area contributed by atoms with E-state index < -0.39 is 17.3 Å². The van der Waals surface area contributed by atoms with Crippen LogP contribution < -0.4 is 5.32 Å². The van der Waals surface area contributed by atoms with Gasteiger partial charge in [-0.3, -0.25) is 9.59 Å². The maximum Gasteiger partial charge on any atom is 0.312 e.